The molecule has 2 nitrogen and oxygen atoms in total. The molecule has 0 atom stereocenters. The Bertz CT molecular complexity index is 607. The van der Waals surface area contributed by atoms with Crippen LogP contribution >= 0.6 is 0 Å². The predicted octanol–water partition coefficient (Wildman–Crippen LogP) is -0.840. The normalized spacial score (nSPS) is 11.3. The number of aryl methyl sites for hydroxylation is 1. The van der Waals surface area contributed by atoms with E-state index in [-0.39, 0.29) is 57.0 Å². The monoisotopic (exact) mass is 266 g/mol. The van der Waals surface area contributed by atoms with Gasteiger partial charge in [-0.2, -0.15) is 0 Å². The van der Waals surface area contributed by atoms with Crippen molar-refractivity contribution in [1.29, 1.82) is 0 Å². The summed E-state index contributed by atoms with van der Waals surface area (Å²) in [6.07, 6.45) is 0. The number of benzene rings is 1. The third-order valence-electron chi connectivity index (χ3n) is 2.35. The van der Waals surface area contributed by atoms with Gasteiger partial charge in [0.2, 0.25) is 0 Å². The molecule has 7 heteroatoms. The third kappa shape index (κ3) is 3.23. The molecule has 1 aromatic carbocycles. The van der Waals surface area contributed by atoms with E-state index in [4.69, 9.17) is 4.42 Å². The Morgan fingerprint density at radius 3 is 2.41 bits per heavy atom. The molecule has 2 aromatic rings. The second kappa shape index (κ2) is 5.28. The summed E-state index contributed by atoms with van der Waals surface area (Å²) >= 11 is 0. The van der Waals surface area contributed by atoms with Gasteiger partial charge in [-0.1, -0.05) is 12.1 Å². The molecule has 1 aromatic heterocycles. The van der Waals surface area contributed by atoms with Crippen LogP contribution in [-0.4, -0.2) is 6.98 Å². The van der Waals surface area contributed by atoms with Crippen LogP contribution in [0.3, 0.4) is 0 Å². The molecule has 0 N–H and O–H groups in total. The zero-order chi connectivity index (χ0) is 11.9. The standard InChI is InChI=1S/C10H7BF3O2.K/c1-6-4-10(15)16-9-5-7(11(12,13)14)2-3-8(6)9;/h2-5H,1H3;/q-1;+1. The maximum atomic E-state index is 12.5. The van der Waals surface area contributed by atoms with Gasteiger partial charge in [0.1, 0.15) is 5.58 Å². The fourth-order valence-electron chi connectivity index (χ4n) is 1.55. The van der Waals surface area contributed by atoms with E-state index in [2.05, 4.69) is 0 Å². The maximum absolute atomic E-state index is 12.5. The van der Waals surface area contributed by atoms with Crippen molar-refractivity contribution >= 4 is 23.4 Å². The van der Waals surface area contributed by atoms with E-state index in [1.807, 2.05) is 0 Å². The van der Waals surface area contributed by atoms with Gasteiger partial charge >= 0.3 is 64.0 Å². The van der Waals surface area contributed by atoms with Crippen LogP contribution in [0.15, 0.2) is 33.5 Å². The van der Waals surface area contributed by atoms with E-state index in [0.717, 1.165) is 12.1 Å². The van der Waals surface area contributed by atoms with Crippen LogP contribution in [0.4, 0.5) is 12.9 Å². The molecular weight excluding hydrogens is 259 g/mol. The van der Waals surface area contributed by atoms with Gasteiger partial charge < -0.3 is 17.4 Å². The van der Waals surface area contributed by atoms with Crippen LogP contribution in [-0.2, 0) is 0 Å². The van der Waals surface area contributed by atoms with Crippen LogP contribution in [0.2, 0.25) is 0 Å². The van der Waals surface area contributed by atoms with E-state index in [1.54, 1.807) is 6.92 Å². The largest absolute Gasteiger partial charge is 1.00 e. The minimum absolute atomic E-state index is 0. The average molecular weight is 266 g/mol. The van der Waals surface area contributed by atoms with Gasteiger partial charge in [-0.3, -0.25) is 0 Å². The Balaban J connectivity index is 0.00000144. The minimum atomic E-state index is -5.07. The van der Waals surface area contributed by atoms with Gasteiger partial charge in [-0.05, 0) is 18.6 Å². The third-order valence-corrected chi connectivity index (χ3v) is 2.35. The molecule has 0 radical (unpaired) electrons. The summed E-state index contributed by atoms with van der Waals surface area (Å²) in [5.41, 5.74) is -0.827. The fourth-order valence-corrected chi connectivity index (χ4v) is 1.55. The first-order chi connectivity index (χ1) is 7.38. The number of rotatable bonds is 1. The molecule has 84 valence electrons. The molecule has 1 heterocycles. The van der Waals surface area contributed by atoms with Gasteiger partial charge in [0, 0.05) is 11.5 Å². The van der Waals surface area contributed by atoms with Crippen molar-refractivity contribution in [2.24, 2.45) is 0 Å². The molecular formula is C10H7BF3KO2. The summed E-state index contributed by atoms with van der Waals surface area (Å²) in [7, 11) is 0. The summed E-state index contributed by atoms with van der Waals surface area (Å²) in [6, 6.07) is 4.43. The average Bonchev–Trinajstić information content (AvgIpc) is 2.15. The van der Waals surface area contributed by atoms with Crippen LogP contribution in [0.25, 0.3) is 11.0 Å². The maximum Gasteiger partial charge on any atom is 1.00 e. The number of hydrogen-bond acceptors (Lipinski definition) is 2. The van der Waals surface area contributed by atoms with E-state index in [0.29, 0.717) is 10.9 Å². The first-order valence-electron chi connectivity index (χ1n) is 4.62. The topological polar surface area (TPSA) is 30.2 Å². The summed E-state index contributed by atoms with van der Waals surface area (Å²) in [4.78, 5) is 11.0. The molecule has 0 aliphatic heterocycles. The van der Waals surface area contributed by atoms with E-state index in [1.165, 1.54) is 12.1 Å². The van der Waals surface area contributed by atoms with Gasteiger partial charge in [0.25, 0.3) is 0 Å². The predicted molar refractivity (Wildman–Crippen MR) is 55.9 cm³/mol. The van der Waals surface area contributed by atoms with Gasteiger partial charge in [0.05, 0.1) is 0 Å². The van der Waals surface area contributed by atoms with Crippen molar-refractivity contribution in [2.45, 2.75) is 6.92 Å². The number of halogens is 3. The Kier molecular flexibility index (Phi) is 4.65. The second-order valence-corrected chi connectivity index (χ2v) is 3.58. The molecule has 0 amide bonds. The zero-order valence-corrected chi connectivity index (χ0v) is 12.5. The van der Waals surface area contributed by atoms with Gasteiger partial charge in [-0.15, -0.1) is 5.46 Å². The van der Waals surface area contributed by atoms with Crippen molar-refractivity contribution in [3.8, 4) is 0 Å². The van der Waals surface area contributed by atoms with Crippen molar-refractivity contribution in [2.75, 3.05) is 0 Å². The smallest absolute Gasteiger partial charge is 0.445 e. The second-order valence-electron chi connectivity index (χ2n) is 3.58. The van der Waals surface area contributed by atoms with Crippen molar-refractivity contribution < 1.29 is 68.7 Å². The summed E-state index contributed by atoms with van der Waals surface area (Å²) in [5.74, 6) is 0. The SMILES string of the molecule is Cc1cc(=O)oc2cc([B-](F)(F)F)ccc12.[K+]. The summed E-state index contributed by atoms with van der Waals surface area (Å²) < 4.78 is 42.1. The number of hydrogen-bond donors (Lipinski definition) is 0. The Labute approximate surface area is 138 Å². The fraction of sp³-hybridized carbons (Fsp3) is 0.100. The molecule has 0 unspecified atom stereocenters. The molecule has 0 aliphatic carbocycles. The first-order valence-corrected chi connectivity index (χ1v) is 4.62. The molecule has 2 rings (SSSR count). The zero-order valence-electron chi connectivity index (χ0n) is 9.34. The molecule has 0 saturated heterocycles. The first kappa shape index (κ1) is 15.0. The van der Waals surface area contributed by atoms with Crippen molar-refractivity contribution in [1.82, 2.24) is 0 Å². The van der Waals surface area contributed by atoms with E-state index >= 15 is 0 Å². The Morgan fingerprint density at radius 2 is 1.82 bits per heavy atom. The van der Waals surface area contributed by atoms with Crippen LogP contribution in [0.5, 0.6) is 0 Å². The Morgan fingerprint density at radius 1 is 1.18 bits per heavy atom. The molecule has 0 saturated carbocycles. The molecule has 0 bridgehead atoms. The number of fused-ring (bicyclic) bond motifs is 1. The van der Waals surface area contributed by atoms with Crippen molar-refractivity contribution in [3.05, 3.63) is 40.2 Å². The molecule has 17 heavy (non-hydrogen) atoms. The molecule has 0 spiro atoms. The van der Waals surface area contributed by atoms with Crippen LogP contribution in [0.1, 0.15) is 5.56 Å². The van der Waals surface area contributed by atoms with Gasteiger partial charge in [0.15, 0.2) is 0 Å². The minimum Gasteiger partial charge on any atom is -0.445 e. The molecule has 0 fully saturated rings. The van der Waals surface area contributed by atoms with Crippen LogP contribution in [0, 0.1) is 6.92 Å². The van der Waals surface area contributed by atoms with E-state index < -0.39 is 18.1 Å². The quantitative estimate of drug-likeness (QED) is 0.497. The Hall–Kier alpha value is -0.0787. The summed E-state index contributed by atoms with van der Waals surface area (Å²) in [6.45, 7) is -3.42. The van der Waals surface area contributed by atoms with Crippen molar-refractivity contribution in [3.63, 3.8) is 0 Å². The van der Waals surface area contributed by atoms with E-state index in [9.17, 15) is 17.7 Å². The van der Waals surface area contributed by atoms with Gasteiger partial charge in [-0.25, -0.2) is 4.79 Å². The summed E-state index contributed by atoms with van der Waals surface area (Å²) in [5, 5.41) is 0.517. The molecule has 0 aliphatic rings. The van der Waals surface area contributed by atoms with Crippen LogP contribution < -0.4 is 62.5 Å².